The van der Waals surface area contributed by atoms with E-state index in [9.17, 15) is 4.79 Å². The lowest BCUT2D eigenvalue weighted by Crippen LogP contribution is -1.99. The maximum Gasteiger partial charge on any atom is 0.181 e. The molecule has 0 aliphatic carbocycles. The van der Waals surface area contributed by atoms with E-state index in [0.717, 1.165) is 15.7 Å². The van der Waals surface area contributed by atoms with Crippen molar-refractivity contribution >= 4 is 55.6 Å². The quantitative estimate of drug-likeness (QED) is 0.401. The smallest absolute Gasteiger partial charge is 0.181 e. The van der Waals surface area contributed by atoms with E-state index in [1.165, 1.54) is 11.0 Å². The summed E-state index contributed by atoms with van der Waals surface area (Å²) in [5.41, 5.74) is 2.30. The van der Waals surface area contributed by atoms with Crippen molar-refractivity contribution in [1.29, 1.82) is 0 Å². The summed E-state index contributed by atoms with van der Waals surface area (Å²) >= 11 is 12.5. The fraction of sp³-hybridized carbons (Fsp3) is 0. The first kappa shape index (κ1) is 17.8. The molecule has 8 heteroatoms. The van der Waals surface area contributed by atoms with Crippen molar-refractivity contribution in [3.05, 3.63) is 68.7 Å². The molecule has 3 rings (SSSR count). The Morgan fingerprint density at radius 1 is 1.08 bits per heavy atom. The van der Waals surface area contributed by atoms with Crippen molar-refractivity contribution in [3.63, 3.8) is 0 Å². The topological polar surface area (TPSA) is 59.8 Å². The molecule has 0 fully saturated rings. The number of benzene rings is 2. The van der Waals surface area contributed by atoms with Gasteiger partial charge in [-0.2, -0.15) is 0 Å². The number of hydrogen-bond donors (Lipinski definition) is 1. The molecule has 0 amide bonds. The molecule has 2 aromatic carbocycles. The minimum Gasteiger partial charge on any atom is -0.342 e. The number of carbonyl (C=O) groups is 1. The van der Waals surface area contributed by atoms with Crippen LogP contribution >= 0.6 is 43.5 Å². The Balaban J connectivity index is 2.05. The summed E-state index contributed by atoms with van der Waals surface area (Å²) < 4.78 is 1.34. The molecule has 3 aromatic rings. The van der Waals surface area contributed by atoms with Gasteiger partial charge in [0.2, 0.25) is 0 Å². The Labute approximate surface area is 165 Å². The maximum absolute atomic E-state index is 10.8. The first-order valence-electron chi connectivity index (χ1n) is 7.13. The average Bonchev–Trinajstić information content (AvgIpc) is 3.05. The van der Waals surface area contributed by atoms with E-state index >= 15 is 0 Å². The van der Waals surface area contributed by atoms with Crippen LogP contribution in [0.3, 0.4) is 0 Å². The van der Waals surface area contributed by atoms with E-state index in [-0.39, 0.29) is 0 Å². The normalized spacial score (nSPS) is 11.4. The predicted molar refractivity (Wildman–Crippen MR) is 106 cm³/mol. The van der Waals surface area contributed by atoms with Crippen molar-refractivity contribution in [3.8, 4) is 16.9 Å². The third-order valence-electron chi connectivity index (χ3n) is 3.25. The SMILES string of the molecule is O=C/C(Br)=C\Nc1nn(-c2ccc(Br)cc2)nc1-c1ccc(Cl)cc1. The van der Waals surface area contributed by atoms with Gasteiger partial charge in [-0.3, -0.25) is 4.79 Å². The van der Waals surface area contributed by atoms with Crippen LogP contribution in [0.4, 0.5) is 5.82 Å². The van der Waals surface area contributed by atoms with E-state index in [2.05, 4.69) is 47.4 Å². The molecule has 0 bridgehead atoms. The highest BCUT2D eigenvalue weighted by atomic mass is 79.9. The van der Waals surface area contributed by atoms with Gasteiger partial charge in [0.25, 0.3) is 0 Å². The molecule has 0 radical (unpaired) electrons. The molecule has 5 nitrogen and oxygen atoms in total. The highest BCUT2D eigenvalue weighted by molar-refractivity contribution is 9.12. The number of aldehydes is 1. The highest BCUT2D eigenvalue weighted by Gasteiger charge is 2.14. The Morgan fingerprint density at radius 3 is 2.40 bits per heavy atom. The van der Waals surface area contributed by atoms with Crippen LogP contribution in [-0.4, -0.2) is 21.3 Å². The van der Waals surface area contributed by atoms with E-state index < -0.39 is 0 Å². The van der Waals surface area contributed by atoms with Gasteiger partial charge >= 0.3 is 0 Å². The average molecular weight is 483 g/mol. The number of hydrogen-bond acceptors (Lipinski definition) is 4. The fourth-order valence-electron chi connectivity index (χ4n) is 2.07. The summed E-state index contributed by atoms with van der Waals surface area (Å²) in [4.78, 5) is 12.3. The molecule has 1 N–H and O–H groups in total. The monoisotopic (exact) mass is 480 g/mol. The molecule has 0 aliphatic rings. The van der Waals surface area contributed by atoms with Gasteiger partial charge in [-0.15, -0.1) is 15.0 Å². The molecule has 0 saturated carbocycles. The van der Waals surface area contributed by atoms with E-state index in [1.807, 2.05) is 36.4 Å². The molecule has 0 aliphatic heterocycles. The summed E-state index contributed by atoms with van der Waals surface area (Å²) in [6.45, 7) is 0. The summed E-state index contributed by atoms with van der Waals surface area (Å²) in [6.07, 6.45) is 2.20. The third kappa shape index (κ3) is 4.36. The molecule has 1 aromatic heterocycles. The minimum atomic E-state index is 0.368. The maximum atomic E-state index is 10.8. The Morgan fingerprint density at radius 2 is 1.76 bits per heavy atom. The first-order chi connectivity index (χ1) is 12.1. The number of nitrogens with zero attached hydrogens (tertiary/aromatic N) is 3. The molecular formula is C17H11Br2ClN4O. The molecular weight excluding hydrogens is 471 g/mol. The van der Waals surface area contributed by atoms with Crippen LogP contribution in [0.5, 0.6) is 0 Å². The third-order valence-corrected chi connectivity index (χ3v) is 4.44. The molecule has 0 atom stereocenters. The zero-order chi connectivity index (χ0) is 17.8. The lowest BCUT2D eigenvalue weighted by Gasteiger charge is -2.00. The van der Waals surface area contributed by atoms with Crippen molar-refractivity contribution in [1.82, 2.24) is 15.0 Å². The van der Waals surface area contributed by atoms with Gasteiger partial charge in [0.15, 0.2) is 12.1 Å². The molecule has 126 valence electrons. The zero-order valence-corrected chi connectivity index (χ0v) is 16.6. The second-order valence-electron chi connectivity index (χ2n) is 4.96. The van der Waals surface area contributed by atoms with Crippen LogP contribution in [0.1, 0.15) is 0 Å². The molecule has 0 unspecified atom stereocenters. The van der Waals surface area contributed by atoms with Crippen molar-refractivity contribution in [2.24, 2.45) is 0 Å². The lowest BCUT2D eigenvalue weighted by atomic mass is 10.1. The largest absolute Gasteiger partial charge is 0.342 e. The van der Waals surface area contributed by atoms with Crippen LogP contribution in [0, 0.1) is 0 Å². The number of aromatic nitrogens is 3. The zero-order valence-electron chi connectivity index (χ0n) is 12.7. The second-order valence-corrected chi connectivity index (χ2v) is 7.23. The number of rotatable bonds is 5. The number of allylic oxidation sites excluding steroid dienone is 1. The standard InChI is InChI=1S/C17H11Br2ClN4O/c18-12-3-7-15(8-4-12)24-22-16(11-1-5-14(20)6-2-11)17(23-24)21-9-13(19)10-25/h1-10H,(H,21,23)/b13-9+. The van der Waals surface area contributed by atoms with E-state index in [4.69, 9.17) is 11.6 Å². The number of halogens is 3. The van der Waals surface area contributed by atoms with Crippen molar-refractivity contribution in [2.45, 2.75) is 0 Å². The van der Waals surface area contributed by atoms with Gasteiger partial charge in [-0.05, 0) is 52.3 Å². The predicted octanol–water partition coefficient (Wildman–Crippen LogP) is 5.20. The molecule has 25 heavy (non-hydrogen) atoms. The van der Waals surface area contributed by atoms with Gasteiger partial charge in [0, 0.05) is 21.3 Å². The Bertz CT molecular complexity index is 921. The first-order valence-corrected chi connectivity index (χ1v) is 9.10. The van der Waals surface area contributed by atoms with E-state index in [1.54, 1.807) is 12.1 Å². The minimum absolute atomic E-state index is 0.368. The van der Waals surface area contributed by atoms with Crippen LogP contribution in [0.2, 0.25) is 5.02 Å². The van der Waals surface area contributed by atoms with Gasteiger partial charge in [-0.1, -0.05) is 39.7 Å². The highest BCUT2D eigenvalue weighted by Crippen LogP contribution is 2.27. The summed E-state index contributed by atoms with van der Waals surface area (Å²) in [5.74, 6) is 0.518. The number of anilines is 1. The summed E-state index contributed by atoms with van der Waals surface area (Å²) in [7, 11) is 0. The fourth-order valence-corrected chi connectivity index (χ4v) is 2.57. The van der Waals surface area contributed by atoms with Crippen LogP contribution in [0.15, 0.2) is 63.7 Å². The van der Waals surface area contributed by atoms with Gasteiger partial charge in [0.1, 0.15) is 5.69 Å². The van der Waals surface area contributed by atoms with Crippen molar-refractivity contribution < 1.29 is 4.79 Å². The lowest BCUT2D eigenvalue weighted by molar-refractivity contribution is -0.104. The second kappa shape index (κ2) is 7.95. The van der Waals surface area contributed by atoms with Crippen LogP contribution < -0.4 is 5.32 Å². The summed E-state index contributed by atoms with van der Waals surface area (Å²) in [5, 5.41) is 12.7. The van der Waals surface area contributed by atoms with Gasteiger partial charge < -0.3 is 5.32 Å². The Hall–Kier alpha value is -1.96. The van der Waals surface area contributed by atoms with Crippen LogP contribution in [-0.2, 0) is 4.79 Å². The molecule has 1 heterocycles. The van der Waals surface area contributed by atoms with E-state index in [0.29, 0.717) is 27.3 Å². The molecule has 0 spiro atoms. The van der Waals surface area contributed by atoms with Gasteiger partial charge in [-0.25, -0.2) is 0 Å². The summed E-state index contributed by atoms with van der Waals surface area (Å²) in [6, 6.07) is 14.9. The number of carbonyl (C=O) groups excluding carboxylic acids is 1. The number of nitrogens with one attached hydrogen (secondary N) is 1. The van der Waals surface area contributed by atoms with Crippen molar-refractivity contribution in [2.75, 3.05) is 5.32 Å². The van der Waals surface area contributed by atoms with Crippen LogP contribution in [0.25, 0.3) is 16.9 Å². The van der Waals surface area contributed by atoms with Gasteiger partial charge in [0.05, 0.1) is 10.2 Å². The molecule has 0 saturated heterocycles. The Kier molecular flexibility index (Phi) is 5.67.